The number of nitro groups is 1. The van der Waals surface area contributed by atoms with E-state index >= 15 is 0 Å². The molecule has 1 atom stereocenters. The highest BCUT2D eigenvalue weighted by molar-refractivity contribution is 6.04. The standard InChI is InChI=1S/C22H20N4O3/c1-15-6-4-5-11-24(15)20-10-9-16(12-21(20)26(28)29)22(27)25-14-17(13-23)18-7-2-3-8-19(18)25/h2-3,7-10,12,14-15H,4-6,11H2,1H3/t15-/m1/s1. The molecule has 0 aliphatic carbocycles. The zero-order valence-electron chi connectivity index (χ0n) is 16.0. The molecule has 1 aromatic heterocycles. The van der Waals surface area contributed by atoms with E-state index in [4.69, 9.17) is 0 Å². The Morgan fingerprint density at radius 1 is 1.24 bits per heavy atom. The lowest BCUT2D eigenvalue weighted by atomic mass is 10.0. The van der Waals surface area contributed by atoms with Crippen LogP contribution in [0.25, 0.3) is 10.9 Å². The number of aromatic nitrogens is 1. The number of hydrogen-bond donors (Lipinski definition) is 0. The summed E-state index contributed by atoms with van der Waals surface area (Å²) >= 11 is 0. The first kappa shape index (κ1) is 18.7. The van der Waals surface area contributed by atoms with Crippen LogP contribution in [0.15, 0.2) is 48.7 Å². The van der Waals surface area contributed by atoms with E-state index in [2.05, 4.69) is 17.9 Å². The fourth-order valence-corrected chi connectivity index (χ4v) is 4.08. The number of benzene rings is 2. The van der Waals surface area contributed by atoms with Crippen molar-refractivity contribution in [1.82, 2.24) is 4.57 Å². The van der Waals surface area contributed by atoms with Gasteiger partial charge in [-0.05, 0) is 44.4 Å². The summed E-state index contributed by atoms with van der Waals surface area (Å²) < 4.78 is 1.39. The molecule has 2 heterocycles. The summed E-state index contributed by atoms with van der Waals surface area (Å²) in [5.74, 6) is -0.399. The molecule has 0 N–H and O–H groups in total. The molecule has 1 saturated heterocycles. The van der Waals surface area contributed by atoms with Crippen LogP contribution in [0.4, 0.5) is 11.4 Å². The first-order chi connectivity index (χ1) is 14.0. The van der Waals surface area contributed by atoms with Crippen molar-refractivity contribution in [2.45, 2.75) is 32.2 Å². The smallest absolute Gasteiger partial charge is 0.293 e. The molecule has 29 heavy (non-hydrogen) atoms. The quantitative estimate of drug-likeness (QED) is 0.487. The molecule has 7 heteroatoms. The van der Waals surface area contributed by atoms with Gasteiger partial charge in [0.05, 0.1) is 16.0 Å². The van der Waals surface area contributed by atoms with Crippen LogP contribution in [0.1, 0.15) is 42.1 Å². The number of rotatable bonds is 3. The summed E-state index contributed by atoms with van der Waals surface area (Å²) in [5, 5.41) is 21.8. The Bertz CT molecular complexity index is 1160. The van der Waals surface area contributed by atoms with Crippen molar-refractivity contribution < 1.29 is 9.72 Å². The number of anilines is 1. The number of hydrogen-bond acceptors (Lipinski definition) is 5. The van der Waals surface area contributed by atoms with Gasteiger partial charge in [-0.1, -0.05) is 18.2 Å². The number of piperidine rings is 1. The van der Waals surface area contributed by atoms with Gasteiger partial charge in [0, 0.05) is 35.8 Å². The van der Waals surface area contributed by atoms with Crippen molar-refractivity contribution >= 4 is 28.2 Å². The molecule has 1 aliphatic heterocycles. The molecule has 7 nitrogen and oxygen atoms in total. The summed E-state index contributed by atoms with van der Waals surface area (Å²) in [7, 11) is 0. The van der Waals surface area contributed by atoms with Gasteiger partial charge in [0.2, 0.25) is 0 Å². The third-order valence-electron chi connectivity index (χ3n) is 5.58. The second-order valence-corrected chi connectivity index (χ2v) is 7.35. The maximum absolute atomic E-state index is 13.1. The van der Waals surface area contributed by atoms with E-state index < -0.39 is 10.8 Å². The fourth-order valence-electron chi connectivity index (χ4n) is 4.08. The molecule has 0 radical (unpaired) electrons. The summed E-state index contributed by atoms with van der Waals surface area (Å²) in [4.78, 5) is 26.5. The molecule has 1 fully saturated rings. The number of carbonyl (C=O) groups excluding carboxylic acids is 1. The lowest BCUT2D eigenvalue weighted by Gasteiger charge is -2.35. The van der Waals surface area contributed by atoms with Crippen LogP contribution in [0.5, 0.6) is 0 Å². The Morgan fingerprint density at radius 3 is 2.76 bits per heavy atom. The van der Waals surface area contributed by atoms with Gasteiger partial charge in [-0.3, -0.25) is 19.5 Å². The average Bonchev–Trinajstić information content (AvgIpc) is 3.12. The molecule has 0 spiro atoms. The molecule has 0 saturated carbocycles. The molecule has 3 aromatic rings. The maximum atomic E-state index is 13.1. The van der Waals surface area contributed by atoms with Crippen molar-refractivity contribution in [3.8, 4) is 6.07 Å². The van der Waals surface area contributed by atoms with Gasteiger partial charge in [0.25, 0.3) is 11.6 Å². The van der Waals surface area contributed by atoms with Gasteiger partial charge in [-0.25, -0.2) is 0 Å². The highest BCUT2D eigenvalue weighted by atomic mass is 16.6. The zero-order valence-corrected chi connectivity index (χ0v) is 16.0. The van der Waals surface area contributed by atoms with Crippen molar-refractivity contribution in [3.05, 3.63) is 69.9 Å². The molecule has 0 bridgehead atoms. The number of nitriles is 1. The first-order valence-electron chi connectivity index (χ1n) is 9.61. The van der Waals surface area contributed by atoms with Gasteiger partial charge in [-0.2, -0.15) is 5.26 Å². The first-order valence-corrected chi connectivity index (χ1v) is 9.61. The van der Waals surface area contributed by atoms with E-state index in [9.17, 15) is 20.2 Å². The molecular weight excluding hydrogens is 368 g/mol. The maximum Gasteiger partial charge on any atom is 0.293 e. The van der Waals surface area contributed by atoms with Gasteiger partial charge in [0.1, 0.15) is 11.8 Å². The number of nitrogens with zero attached hydrogens (tertiary/aromatic N) is 4. The van der Waals surface area contributed by atoms with Crippen molar-refractivity contribution in [2.24, 2.45) is 0 Å². The SMILES string of the molecule is C[C@@H]1CCCCN1c1ccc(C(=O)n2cc(C#N)c3ccccc32)cc1[N+](=O)[O-]. The summed E-state index contributed by atoms with van der Waals surface area (Å²) in [6, 6.07) is 14.1. The number of nitro benzene ring substituents is 1. The molecule has 2 aromatic carbocycles. The fraction of sp³-hybridized carbons (Fsp3) is 0.273. The van der Waals surface area contributed by atoms with Gasteiger partial charge in [-0.15, -0.1) is 0 Å². The van der Waals surface area contributed by atoms with Gasteiger partial charge >= 0.3 is 0 Å². The van der Waals surface area contributed by atoms with Crippen molar-refractivity contribution in [2.75, 3.05) is 11.4 Å². The summed E-state index contributed by atoms with van der Waals surface area (Å²) in [6.45, 7) is 2.83. The van der Waals surface area contributed by atoms with Crippen LogP contribution >= 0.6 is 0 Å². The highest BCUT2D eigenvalue weighted by Gasteiger charge is 2.27. The van der Waals surface area contributed by atoms with Crippen LogP contribution in [0.2, 0.25) is 0 Å². The molecule has 1 aliphatic rings. The van der Waals surface area contributed by atoms with E-state index in [1.807, 2.05) is 0 Å². The van der Waals surface area contributed by atoms with E-state index in [0.29, 0.717) is 22.2 Å². The Hall–Kier alpha value is -3.66. The Kier molecular flexibility index (Phi) is 4.77. The third-order valence-corrected chi connectivity index (χ3v) is 5.58. The molecular formula is C22H20N4O3. The minimum absolute atomic E-state index is 0.0680. The topological polar surface area (TPSA) is 92.2 Å². The Balaban J connectivity index is 1.78. The summed E-state index contributed by atoms with van der Waals surface area (Å²) in [5.41, 5.74) is 1.69. The second kappa shape index (κ2) is 7.40. The largest absolute Gasteiger partial charge is 0.363 e. The van der Waals surface area contributed by atoms with Crippen LogP contribution in [0.3, 0.4) is 0 Å². The normalized spacial score (nSPS) is 16.6. The molecule has 4 rings (SSSR count). The minimum atomic E-state index is -0.429. The third kappa shape index (κ3) is 3.23. The minimum Gasteiger partial charge on any atom is -0.363 e. The highest BCUT2D eigenvalue weighted by Crippen LogP contribution is 2.34. The van der Waals surface area contributed by atoms with Crippen LogP contribution in [0, 0.1) is 21.4 Å². The number of fused-ring (bicyclic) bond motifs is 1. The predicted octanol–water partition coefficient (Wildman–Crippen LogP) is 4.49. The van der Waals surface area contributed by atoms with Crippen LogP contribution in [-0.2, 0) is 0 Å². The molecule has 0 unspecified atom stereocenters. The van der Waals surface area contributed by atoms with E-state index in [0.717, 1.165) is 25.8 Å². The lowest BCUT2D eigenvalue weighted by Crippen LogP contribution is -2.37. The number of carbonyl (C=O) groups is 1. The van der Waals surface area contributed by atoms with Crippen molar-refractivity contribution in [1.29, 1.82) is 5.26 Å². The van der Waals surface area contributed by atoms with Gasteiger partial charge in [0.15, 0.2) is 0 Å². The summed E-state index contributed by atoms with van der Waals surface area (Å²) in [6.07, 6.45) is 4.59. The zero-order chi connectivity index (χ0) is 20.5. The molecule has 146 valence electrons. The van der Waals surface area contributed by atoms with Crippen molar-refractivity contribution in [3.63, 3.8) is 0 Å². The van der Waals surface area contributed by atoms with E-state index in [1.165, 1.54) is 16.8 Å². The van der Waals surface area contributed by atoms with Crippen LogP contribution in [-0.4, -0.2) is 28.0 Å². The van der Waals surface area contributed by atoms with Gasteiger partial charge < -0.3 is 4.90 Å². The lowest BCUT2D eigenvalue weighted by molar-refractivity contribution is -0.384. The second-order valence-electron chi connectivity index (χ2n) is 7.35. The number of para-hydroxylation sites is 1. The average molecular weight is 388 g/mol. The van der Waals surface area contributed by atoms with E-state index in [-0.39, 0.29) is 17.3 Å². The monoisotopic (exact) mass is 388 g/mol. The molecule has 0 amide bonds. The Morgan fingerprint density at radius 2 is 2.03 bits per heavy atom. The van der Waals surface area contributed by atoms with Crippen LogP contribution < -0.4 is 4.90 Å². The Labute approximate surface area is 167 Å². The van der Waals surface area contributed by atoms with E-state index in [1.54, 1.807) is 36.4 Å². The predicted molar refractivity (Wildman–Crippen MR) is 110 cm³/mol.